The minimum Gasteiger partial charge on any atom is -0.352 e. The number of hydrogen-bond acceptors (Lipinski definition) is 3. The first-order valence-corrected chi connectivity index (χ1v) is 8.37. The Hall–Kier alpha value is -0.810. The van der Waals surface area contributed by atoms with Crippen molar-refractivity contribution < 1.29 is 9.59 Å². The van der Waals surface area contributed by atoms with E-state index in [-0.39, 0.29) is 36.2 Å². The van der Waals surface area contributed by atoms with Crippen LogP contribution < -0.4 is 11.1 Å². The Bertz CT molecular complexity index is 372. The maximum absolute atomic E-state index is 12.5. The van der Waals surface area contributed by atoms with Gasteiger partial charge in [-0.1, -0.05) is 19.3 Å². The summed E-state index contributed by atoms with van der Waals surface area (Å²) in [6, 6.07) is 0.102. The summed E-state index contributed by atoms with van der Waals surface area (Å²) in [6.45, 7) is 3.43. The normalized spacial score (nSPS) is 24.3. The number of carbonyl (C=O) groups is 2. The molecule has 0 radical (unpaired) electrons. The van der Waals surface area contributed by atoms with Crippen molar-refractivity contribution in [3.63, 3.8) is 0 Å². The summed E-state index contributed by atoms with van der Waals surface area (Å²) in [5.41, 5.74) is 5.88. The lowest BCUT2D eigenvalue weighted by Gasteiger charge is -2.34. The van der Waals surface area contributed by atoms with Gasteiger partial charge < -0.3 is 16.0 Å². The first-order valence-electron chi connectivity index (χ1n) is 8.37. The smallest absolute Gasteiger partial charge is 0.225 e. The standard InChI is InChI=1S/C16H29N3O2.ClH/c1-12(20)19-9-5-8-14(11-19)16(21)18-15(10-17)13-6-3-2-4-7-13;/h13-15H,2-11,17H2,1H3,(H,18,21);1H. The minimum absolute atomic E-state index is 0. The van der Waals surface area contributed by atoms with E-state index in [0.29, 0.717) is 19.0 Å². The van der Waals surface area contributed by atoms with Crippen LogP contribution in [-0.2, 0) is 9.59 Å². The van der Waals surface area contributed by atoms with Gasteiger partial charge in [0.25, 0.3) is 0 Å². The fourth-order valence-electron chi connectivity index (χ4n) is 3.68. The molecule has 1 saturated carbocycles. The van der Waals surface area contributed by atoms with Gasteiger partial charge in [-0.15, -0.1) is 12.4 Å². The lowest BCUT2D eigenvalue weighted by Crippen LogP contribution is -2.51. The van der Waals surface area contributed by atoms with Crippen molar-refractivity contribution in [2.45, 2.75) is 57.9 Å². The second kappa shape index (κ2) is 9.36. The van der Waals surface area contributed by atoms with E-state index in [0.717, 1.165) is 19.4 Å². The molecule has 22 heavy (non-hydrogen) atoms. The molecule has 2 aliphatic rings. The van der Waals surface area contributed by atoms with E-state index in [9.17, 15) is 9.59 Å². The summed E-state index contributed by atoms with van der Waals surface area (Å²) in [5.74, 6) is 0.609. The van der Waals surface area contributed by atoms with Crippen LogP contribution in [0.1, 0.15) is 51.9 Å². The fourth-order valence-corrected chi connectivity index (χ4v) is 3.68. The van der Waals surface area contributed by atoms with Crippen LogP contribution in [0.2, 0.25) is 0 Å². The van der Waals surface area contributed by atoms with Gasteiger partial charge in [-0.2, -0.15) is 0 Å². The van der Waals surface area contributed by atoms with Gasteiger partial charge in [0.1, 0.15) is 0 Å². The van der Waals surface area contributed by atoms with E-state index in [2.05, 4.69) is 5.32 Å². The van der Waals surface area contributed by atoms with E-state index in [1.165, 1.54) is 32.1 Å². The summed E-state index contributed by atoms with van der Waals surface area (Å²) in [6.07, 6.45) is 7.93. The minimum atomic E-state index is -0.0692. The summed E-state index contributed by atoms with van der Waals surface area (Å²) in [7, 11) is 0. The molecule has 0 spiro atoms. The highest BCUT2D eigenvalue weighted by Gasteiger charge is 2.30. The highest BCUT2D eigenvalue weighted by molar-refractivity contribution is 5.85. The Labute approximate surface area is 139 Å². The molecule has 128 valence electrons. The Morgan fingerprint density at radius 3 is 2.45 bits per heavy atom. The van der Waals surface area contributed by atoms with Gasteiger partial charge in [0, 0.05) is 32.6 Å². The highest BCUT2D eigenvalue weighted by atomic mass is 35.5. The molecular weight excluding hydrogens is 302 g/mol. The van der Waals surface area contributed by atoms with Crippen molar-refractivity contribution in [1.82, 2.24) is 10.2 Å². The van der Waals surface area contributed by atoms with Crippen molar-refractivity contribution >= 4 is 24.2 Å². The Kier molecular flexibility index (Phi) is 8.18. The predicted molar refractivity (Wildman–Crippen MR) is 89.8 cm³/mol. The van der Waals surface area contributed by atoms with E-state index >= 15 is 0 Å². The zero-order chi connectivity index (χ0) is 15.2. The van der Waals surface area contributed by atoms with Crippen LogP contribution in [0, 0.1) is 11.8 Å². The molecule has 2 amide bonds. The van der Waals surface area contributed by atoms with Crippen molar-refractivity contribution in [1.29, 1.82) is 0 Å². The zero-order valence-corrected chi connectivity index (χ0v) is 14.4. The lowest BCUT2D eigenvalue weighted by atomic mass is 9.83. The van der Waals surface area contributed by atoms with Crippen LogP contribution >= 0.6 is 12.4 Å². The SMILES string of the molecule is CC(=O)N1CCCC(C(=O)NC(CN)C2CCCCC2)C1.Cl. The number of hydrogen-bond donors (Lipinski definition) is 2. The largest absolute Gasteiger partial charge is 0.352 e. The molecule has 3 N–H and O–H groups in total. The van der Waals surface area contributed by atoms with E-state index in [1.807, 2.05) is 0 Å². The molecule has 1 heterocycles. The van der Waals surface area contributed by atoms with Crippen molar-refractivity contribution in [3.05, 3.63) is 0 Å². The number of halogens is 1. The molecule has 1 aliphatic carbocycles. The van der Waals surface area contributed by atoms with Crippen molar-refractivity contribution in [3.8, 4) is 0 Å². The molecule has 2 atom stereocenters. The summed E-state index contributed by atoms with van der Waals surface area (Å²) < 4.78 is 0. The van der Waals surface area contributed by atoms with Gasteiger partial charge >= 0.3 is 0 Å². The monoisotopic (exact) mass is 331 g/mol. The number of nitrogens with two attached hydrogens (primary N) is 1. The zero-order valence-electron chi connectivity index (χ0n) is 13.6. The third-order valence-electron chi connectivity index (χ3n) is 5.04. The molecule has 1 aliphatic heterocycles. The molecule has 0 bridgehead atoms. The van der Waals surface area contributed by atoms with Crippen LogP contribution in [0.3, 0.4) is 0 Å². The predicted octanol–water partition coefficient (Wildman–Crippen LogP) is 1.69. The van der Waals surface area contributed by atoms with Gasteiger partial charge in [-0.05, 0) is 31.6 Å². The van der Waals surface area contributed by atoms with Crippen LogP contribution in [0.5, 0.6) is 0 Å². The van der Waals surface area contributed by atoms with Crippen LogP contribution in [0.15, 0.2) is 0 Å². The third kappa shape index (κ3) is 5.13. The number of piperidine rings is 1. The topological polar surface area (TPSA) is 75.4 Å². The van der Waals surface area contributed by atoms with E-state index in [1.54, 1.807) is 11.8 Å². The van der Waals surface area contributed by atoms with Crippen LogP contribution in [-0.4, -0.2) is 42.4 Å². The average molecular weight is 332 g/mol. The second-order valence-corrected chi connectivity index (χ2v) is 6.55. The van der Waals surface area contributed by atoms with E-state index < -0.39 is 0 Å². The molecule has 6 heteroatoms. The third-order valence-corrected chi connectivity index (χ3v) is 5.04. The lowest BCUT2D eigenvalue weighted by molar-refractivity contribution is -0.134. The molecule has 2 rings (SSSR count). The number of rotatable bonds is 4. The number of likely N-dealkylation sites (tertiary alicyclic amines) is 1. The summed E-state index contributed by atoms with van der Waals surface area (Å²) >= 11 is 0. The number of nitrogens with zero attached hydrogens (tertiary/aromatic N) is 1. The number of nitrogens with one attached hydrogen (secondary N) is 1. The van der Waals surface area contributed by atoms with Crippen LogP contribution in [0.4, 0.5) is 0 Å². The van der Waals surface area contributed by atoms with Crippen LogP contribution in [0.25, 0.3) is 0 Å². The van der Waals surface area contributed by atoms with Gasteiger partial charge in [-0.3, -0.25) is 9.59 Å². The van der Waals surface area contributed by atoms with Gasteiger partial charge in [0.05, 0.1) is 5.92 Å². The first-order chi connectivity index (χ1) is 10.1. The molecular formula is C16H30ClN3O2. The molecule has 5 nitrogen and oxygen atoms in total. The molecule has 0 aromatic heterocycles. The van der Waals surface area contributed by atoms with Gasteiger partial charge in [0.2, 0.25) is 11.8 Å². The molecule has 0 aromatic carbocycles. The Balaban J connectivity index is 0.00000242. The number of amides is 2. The maximum Gasteiger partial charge on any atom is 0.225 e. The molecule has 0 aromatic rings. The molecule has 1 saturated heterocycles. The summed E-state index contributed by atoms with van der Waals surface area (Å²) in [5, 5.41) is 3.16. The summed E-state index contributed by atoms with van der Waals surface area (Å²) in [4.78, 5) is 25.7. The van der Waals surface area contributed by atoms with Gasteiger partial charge in [0.15, 0.2) is 0 Å². The Morgan fingerprint density at radius 2 is 1.86 bits per heavy atom. The molecule has 2 fully saturated rings. The Morgan fingerprint density at radius 1 is 1.18 bits per heavy atom. The highest BCUT2D eigenvalue weighted by Crippen LogP contribution is 2.26. The van der Waals surface area contributed by atoms with Gasteiger partial charge in [-0.25, -0.2) is 0 Å². The molecule has 2 unspecified atom stereocenters. The average Bonchev–Trinajstić information content (AvgIpc) is 2.53. The number of carbonyl (C=O) groups excluding carboxylic acids is 2. The second-order valence-electron chi connectivity index (χ2n) is 6.55. The van der Waals surface area contributed by atoms with Crippen molar-refractivity contribution in [2.24, 2.45) is 17.6 Å². The first kappa shape index (κ1) is 19.2. The van der Waals surface area contributed by atoms with E-state index in [4.69, 9.17) is 5.73 Å². The fraction of sp³-hybridized carbons (Fsp3) is 0.875. The maximum atomic E-state index is 12.5. The van der Waals surface area contributed by atoms with Crippen molar-refractivity contribution in [2.75, 3.05) is 19.6 Å². The quantitative estimate of drug-likeness (QED) is 0.823.